The predicted molar refractivity (Wildman–Crippen MR) is 114 cm³/mol. The van der Waals surface area contributed by atoms with Crippen molar-refractivity contribution in [3.63, 3.8) is 0 Å². The van der Waals surface area contributed by atoms with Gasteiger partial charge in [-0.2, -0.15) is 9.50 Å². The van der Waals surface area contributed by atoms with Crippen LogP contribution in [0.1, 0.15) is 5.56 Å². The maximum absolute atomic E-state index is 12.9. The van der Waals surface area contributed by atoms with E-state index in [-0.39, 0.29) is 5.56 Å². The second kappa shape index (κ2) is 8.03. The third kappa shape index (κ3) is 3.33. The molecule has 0 unspecified atom stereocenters. The smallest absolute Gasteiger partial charge is 0.291 e. The van der Waals surface area contributed by atoms with Crippen LogP contribution in [0.5, 0.6) is 23.0 Å². The van der Waals surface area contributed by atoms with Crippen LogP contribution < -0.4 is 29.0 Å². The van der Waals surface area contributed by atoms with E-state index in [0.717, 1.165) is 5.56 Å². The van der Waals surface area contributed by atoms with E-state index in [2.05, 4.69) is 10.1 Å². The van der Waals surface area contributed by atoms with Crippen molar-refractivity contribution < 1.29 is 18.9 Å². The fraction of sp³-hybridized carbons (Fsp3) is 0.190. The molecule has 2 aromatic carbocycles. The first-order valence-electron chi connectivity index (χ1n) is 8.94. The number of thiazole rings is 1. The van der Waals surface area contributed by atoms with Crippen LogP contribution in [0.4, 0.5) is 0 Å². The molecule has 0 atom stereocenters. The van der Waals surface area contributed by atoms with Gasteiger partial charge in [-0.3, -0.25) is 4.79 Å². The van der Waals surface area contributed by atoms with E-state index in [9.17, 15) is 4.79 Å². The highest BCUT2D eigenvalue weighted by atomic mass is 32.1. The Bertz CT molecular complexity index is 1300. The first-order valence-corrected chi connectivity index (χ1v) is 9.76. The second-order valence-corrected chi connectivity index (χ2v) is 7.21. The monoisotopic (exact) mass is 425 g/mol. The molecule has 0 radical (unpaired) electrons. The second-order valence-electron chi connectivity index (χ2n) is 6.20. The van der Waals surface area contributed by atoms with E-state index in [1.54, 1.807) is 25.3 Å². The van der Waals surface area contributed by atoms with Crippen LogP contribution in [0, 0.1) is 0 Å². The minimum atomic E-state index is -0.243. The Morgan fingerprint density at radius 1 is 0.933 bits per heavy atom. The van der Waals surface area contributed by atoms with Gasteiger partial charge in [-0.1, -0.05) is 29.5 Å². The molecule has 0 bridgehead atoms. The molecule has 8 nitrogen and oxygen atoms in total. The van der Waals surface area contributed by atoms with Crippen molar-refractivity contribution in [2.45, 2.75) is 0 Å². The van der Waals surface area contributed by atoms with Crippen molar-refractivity contribution in [1.82, 2.24) is 14.6 Å². The molecule has 0 aliphatic rings. The normalized spacial score (nSPS) is 11.7. The molecule has 4 aromatic rings. The summed E-state index contributed by atoms with van der Waals surface area (Å²) in [5, 5.41) is 4.39. The average molecular weight is 425 g/mol. The van der Waals surface area contributed by atoms with Crippen molar-refractivity contribution in [1.29, 1.82) is 0 Å². The number of benzene rings is 2. The van der Waals surface area contributed by atoms with Gasteiger partial charge in [-0.05, 0) is 24.3 Å². The number of rotatable bonds is 6. The van der Waals surface area contributed by atoms with Gasteiger partial charge in [0.1, 0.15) is 5.75 Å². The van der Waals surface area contributed by atoms with Crippen LogP contribution >= 0.6 is 11.3 Å². The largest absolute Gasteiger partial charge is 0.496 e. The zero-order valence-electron chi connectivity index (χ0n) is 16.8. The molecule has 0 saturated carbocycles. The summed E-state index contributed by atoms with van der Waals surface area (Å²) in [4.78, 5) is 17.9. The summed E-state index contributed by atoms with van der Waals surface area (Å²) in [6.45, 7) is 0. The fourth-order valence-electron chi connectivity index (χ4n) is 3.09. The number of ether oxygens (including phenoxy) is 4. The van der Waals surface area contributed by atoms with E-state index in [1.165, 1.54) is 37.2 Å². The minimum Gasteiger partial charge on any atom is -0.496 e. The summed E-state index contributed by atoms with van der Waals surface area (Å²) in [5.41, 5.74) is 1.22. The quantitative estimate of drug-likeness (QED) is 0.469. The molecule has 0 fully saturated rings. The predicted octanol–water partition coefficient (Wildman–Crippen LogP) is 2.40. The van der Waals surface area contributed by atoms with Crippen molar-refractivity contribution in [3.05, 3.63) is 56.8 Å². The maximum atomic E-state index is 12.9. The Hall–Kier alpha value is -3.59. The van der Waals surface area contributed by atoms with Gasteiger partial charge in [0.25, 0.3) is 5.56 Å². The first kappa shape index (κ1) is 19.7. The maximum Gasteiger partial charge on any atom is 0.291 e. The standard InChI is InChI=1S/C21H19N3O5S/c1-26-14-8-6-5-7-12(14)11-17-20(25)24-21(30-17)22-19(23-24)13-9-15(27-2)18(29-4)16(10-13)28-3/h5-11H,1-4H3/b17-11-. The number of fused-ring (bicyclic) bond motifs is 1. The number of methoxy groups -OCH3 is 4. The van der Waals surface area contributed by atoms with Gasteiger partial charge >= 0.3 is 0 Å². The molecular weight excluding hydrogens is 406 g/mol. The van der Waals surface area contributed by atoms with Crippen LogP contribution in [0.2, 0.25) is 0 Å². The van der Waals surface area contributed by atoms with E-state index >= 15 is 0 Å². The zero-order chi connectivity index (χ0) is 21.3. The summed E-state index contributed by atoms with van der Waals surface area (Å²) >= 11 is 1.26. The van der Waals surface area contributed by atoms with E-state index in [4.69, 9.17) is 18.9 Å². The molecule has 0 amide bonds. The molecule has 30 heavy (non-hydrogen) atoms. The van der Waals surface area contributed by atoms with E-state index < -0.39 is 0 Å². The van der Waals surface area contributed by atoms with Crippen molar-refractivity contribution in [2.24, 2.45) is 0 Å². The van der Waals surface area contributed by atoms with Crippen LogP contribution in [-0.2, 0) is 0 Å². The first-order chi connectivity index (χ1) is 14.6. The zero-order valence-corrected chi connectivity index (χ0v) is 17.6. The molecule has 154 valence electrons. The van der Waals surface area contributed by atoms with Gasteiger partial charge < -0.3 is 18.9 Å². The number of nitrogens with zero attached hydrogens (tertiary/aromatic N) is 3. The lowest BCUT2D eigenvalue weighted by Gasteiger charge is -2.12. The summed E-state index contributed by atoms with van der Waals surface area (Å²) in [6, 6.07) is 11.0. The summed E-state index contributed by atoms with van der Waals surface area (Å²) in [5.74, 6) is 2.52. The molecule has 2 heterocycles. The summed E-state index contributed by atoms with van der Waals surface area (Å²) < 4.78 is 23.3. The molecule has 2 aromatic heterocycles. The highest BCUT2D eigenvalue weighted by molar-refractivity contribution is 7.15. The molecule has 9 heteroatoms. The number of hydrogen-bond donors (Lipinski definition) is 0. The van der Waals surface area contributed by atoms with Gasteiger partial charge in [-0.25, -0.2) is 0 Å². The van der Waals surface area contributed by atoms with Crippen molar-refractivity contribution >= 4 is 22.4 Å². The lowest BCUT2D eigenvalue weighted by Crippen LogP contribution is -2.23. The molecule has 0 aliphatic carbocycles. The van der Waals surface area contributed by atoms with Gasteiger partial charge in [-0.15, -0.1) is 5.10 Å². The molecule has 0 N–H and O–H groups in total. The van der Waals surface area contributed by atoms with Crippen LogP contribution in [0.25, 0.3) is 22.4 Å². The SMILES string of the molecule is COc1ccccc1/C=c1\sc2nc(-c3cc(OC)c(OC)c(OC)c3)nn2c1=O. The number of para-hydroxylation sites is 1. The lowest BCUT2D eigenvalue weighted by atomic mass is 10.1. The number of hydrogen-bond acceptors (Lipinski definition) is 8. The Labute approximate surface area is 175 Å². The Kier molecular flexibility index (Phi) is 5.28. The topological polar surface area (TPSA) is 84.2 Å². The van der Waals surface area contributed by atoms with Crippen molar-refractivity contribution in [3.8, 4) is 34.4 Å². The molecule has 0 saturated heterocycles. The highest BCUT2D eigenvalue weighted by Crippen LogP contribution is 2.40. The van der Waals surface area contributed by atoms with Crippen molar-refractivity contribution in [2.75, 3.05) is 28.4 Å². The third-order valence-corrected chi connectivity index (χ3v) is 5.49. The van der Waals surface area contributed by atoms with Gasteiger partial charge in [0.2, 0.25) is 10.7 Å². The third-order valence-electron chi connectivity index (χ3n) is 4.53. The fourth-order valence-corrected chi connectivity index (χ4v) is 3.99. The van der Waals surface area contributed by atoms with E-state index in [1.807, 2.05) is 24.3 Å². The van der Waals surface area contributed by atoms with Gasteiger partial charge in [0.05, 0.1) is 33.0 Å². The average Bonchev–Trinajstić information content (AvgIpc) is 3.32. The molecule has 0 aliphatic heterocycles. The molecule has 0 spiro atoms. The van der Waals surface area contributed by atoms with Gasteiger partial charge in [0.15, 0.2) is 17.3 Å². The molecular formula is C21H19N3O5S. The summed E-state index contributed by atoms with van der Waals surface area (Å²) in [6.07, 6.45) is 1.78. The Morgan fingerprint density at radius 3 is 2.20 bits per heavy atom. The molecule has 4 rings (SSSR count). The Morgan fingerprint density at radius 2 is 1.60 bits per heavy atom. The lowest BCUT2D eigenvalue weighted by molar-refractivity contribution is 0.324. The summed E-state index contributed by atoms with van der Waals surface area (Å²) in [7, 11) is 6.21. The van der Waals surface area contributed by atoms with Crippen LogP contribution in [-0.4, -0.2) is 43.0 Å². The van der Waals surface area contributed by atoms with Crippen LogP contribution in [0.15, 0.2) is 41.2 Å². The minimum absolute atomic E-state index is 0.243. The van der Waals surface area contributed by atoms with E-state index in [0.29, 0.717) is 43.9 Å². The van der Waals surface area contributed by atoms with Crippen LogP contribution in [0.3, 0.4) is 0 Å². The Balaban J connectivity index is 1.82. The number of aromatic nitrogens is 3. The van der Waals surface area contributed by atoms with Gasteiger partial charge in [0, 0.05) is 11.1 Å². The highest BCUT2D eigenvalue weighted by Gasteiger charge is 2.18.